The first-order valence-electron chi connectivity index (χ1n) is 4.93. The first-order valence-corrected chi connectivity index (χ1v) is 4.93. The molecule has 1 fully saturated rings. The van der Waals surface area contributed by atoms with E-state index in [-0.39, 0.29) is 0 Å². The fourth-order valence-corrected chi connectivity index (χ4v) is 1.85. The van der Waals surface area contributed by atoms with Crippen LogP contribution >= 0.6 is 0 Å². The summed E-state index contributed by atoms with van der Waals surface area (Å²) >= 11 is 0. The van der Waals surface area contributed by atoms with Crippen LogP contribution in [0.3, 0.4) is 0 Å². The highest BCUT2D eigenvalue weighted by atomic mass is 16.5. The van der Waals surface area contributed by atoms with Gasteiger partial charge < -0.3 is 9.72 Å². The monoisotopic (exact) mass is 180 g/mol. The van der Waals surface area contributed by atoms with Crippen molar-refractivity contribution in [1.29, 1.82) is 0 Å². The third-order valence-corrected chi connectivity index (χ3v) is 2.63. The molecule has 2 atom stereocenters. The molecule has 0 radical (unpaired) electrons. The van der Waals surface area contributed by atoms with Gasteiger partial charge >= 0.3 is 0 Å². The summed E-state index contributed by atoms with van der Waals surface area (Å²) in [6.07, 6.45) is 7.36. The van der Waals surface area contributed by atoms with Gasteiger partial charge in [-0.05, 0) is 18.8 Å². The van der Waals surface area contributed by atoms with Crippen molar-refractivity contribution in [2.45, 2.75) is 32.3 Å². The molecule has 3 heteroatoms. The Morgan fingerprint density at radius 3 is 3.31 bits per heavy atom. The molecule has 0 aliphatic carbocycles. The Balaban J connectivity index is 1.87. The zero-order valence-electron chi connectivity index (χ0n) is 7.99. The smallest absolute Gasteiger partial charge is 0.0921 e. The van der Waals surface area contributed by atoms with E-state index in [4.69, 9.17) is 4.74 Å². The van der Waals surface area contributed by atoms with Gasteiger partial charge in [0.05, 0.1) is 12.4 Å². The maximum Gasteiger partial charge on any atom is 0.0921 e. The average Bonchev–Trinajstić information content (AvgIpc) is 2.57. The lowest BCUT2D eigenvalue weighted by atomic mass is 9.95. The van der Waals surface area contributed by atoms with Gasteiger partial charge in [-0.25, -0.2) is 4.98 Å². The summed E-state index contributed by atoms with van der Waals surface area (Å²) in [5.74, 6) is 0.807. The minimum absolute atomic E-state index is 0.393. The zero-order chi connectivity index (χ0) is 9.10. The molecule has 2 heterocycles. The summed E-state index contributed by atoms with van der Waals surface area (Å²) in [6.45, 7) is 3.21. The third kappa shape index (κ3) is 2.31. The Kier molecular flexibility index (Phi) is 2.64. The second-order valence-electron chi connectivity index (χ2n) is 3.90. The SMILES string of the molecule is C[C@@H]1CCOC(Cc2cnc[nH]2)C1. The molecule has 1 aliphatic rings. The number of nitrogens with one attached hydrogen (secondary N) is 1. The van der Waals surface area contributed by atoms with E-state index in [0.29, 0.717) is 6.10 Å². The number of aromatic nitrogens is 2. The van der Waals surface area contributed by atoms with E-state index in [0.717, 1.165) is 18.9 Å². The molecule has 0 saturated carbocycles. The molecule has 0 aromatic carbocycles. The van der Waals surface area contributed by atoms with Gasteiger partial charge in [-0.3, -0.25) is 0 Å². The number of hydrogen-bond acceptors (Lipinski definition) is 2. The minimum Gasteiger partial charge on any atom is -0.378 e. The number of H-pyrrole nitrogens is 1. The van der Waals surface area contributed by atoms with Gasteiger partial charge in [0.25, 0.3) is 0 Å². The van der Waals surface area contributed by atoms with E-state index in [1.807, 2.05) is 6.20 Å². The fourth-order valence-electron chi connectivity index (χ4n) is 1.85. The van der Waals surface area contributed by atoms with Crippen molar-refractivity contribution in [3.8, 4) is 0 Å². The highest BCUT2D eigenvalue weighted by molar-refractivity contribution is 4.96. The van der Waals surface area contributed by atoms with E-state index >= 15 is 0 Å². The molecule has 0 bridgehead atoms. The first-order chi connectivity index (χ1) is 6.34. The molecule has 1 aliphatic heterocycles. The van der Waals surface area contributed by atoms with E-state index in [9.17, 15) is 0 Å². The normalized spacial score (nSPS) is 29.0. The molecule has 1 aromatic rings. The van der Waals surface area contributed by atoms with Crippen molar-refractivity contribution in [2.24, 2.45) is 5.92 Å². The molecule has 0 amide bonds. The summed E-state index contributed by atoms with van der Waals surface area (Å²) < 4.78 is 5.67. The average molecular weight is 180 g/mol. The number of hydrogen-bond donors (Lipinski definition) is 1. The van der Waals surface area contributed by atoms with E-state index in [2.05, 4.69) is 16.9 Å². The molecule has 0 spiro atoms. The van der Waals surface area contributed by atoms with Gasteiger partial charge in [-0.1, -0.05) is 6.92 Å². The second-order valence-corrected chi connectivity index (χ2v) is 3.90. The van der Waals surface area contributed by atoms with Crippen LogP contribution in [0.25, 0.3) is 0 Å². The van der Waals surface area contributed by atoms with Crippen molar-refractivity contribution in [3.63, 3.8) is 0 Å². The maximum absolute atomic E-state index is 5.67. The topological polar surface area (TPSA) is 37.9 Å². The lowest BCUT2D eigenvalue weighted by Crippen LogP contribution is -2.26. The summed E-state index contributed by atoms with van der Waals surface area (Å²) in [5, 5.41) is 0. The van der Waals surface area contributed by atoms with Crippen molar-refractivity contribution >= 4 is 0 Å². The lowest BCUT2D eigenvalue weighted by molar-refractivity contribution is -0.00455. The number of rotatable bonds is 2. The summed E-state index contributed by atoms with van der Waals surface area (Å²) in [4.78, 5) is 7.10. The lowest BCUT2D eigenvalue weighted by Gasteiger charge is -2.26. The Morgan fingerprint density at radius 1 is 1.69 bits per heavy atom. The molecule has 13 heavy (non-hydrogen) atoms. The number of imidazole rings is 1. The predicted molar refractivity (Wildman–Crippen MR) is 50.4 cm³/mol. The molecule has 72 valence electrons. The van der Waals surface area contributed by atoms with Gasteiger partial charge in [0.15, 0.2) is 0 Å². The Morgan fingerprint density at radius 2 is 2.62 bits per heavy atom. The van der Waals surface area contributed by atoms with E-state index < -0.39 is 0 Å². The summed E-state index contributed by atoms with van der Waals surface area (Å²) in [6, 6.07) is 0. The molecular formula is C10H16N2O. The van der Waals surface area contributed by atoms with Gasteiger partial charge in [0, 0.05) is 24.9 Å². The Hall–Kier alpha value is -0.830. The van der Waals surface area contributed by atoms with Crippen LogP contribution in [0.1, 0.15) is 25.5 Å². The largest absolute Gasteiger partial charge is 0.378 e. The number of ether oxygens (including phenoxy) is 1. The van der Waals surface area contributed by atoms with Crippen LogP contribution in [0.15, 0.2) is 12.5 Å². The van der Waals surface area contributed by atoms with Crippen molar-refractivity contribution < 1.29 is 4.74 Å². The van der Waals surface area contributed by atoms with Crippen LogP contribution < -0.4 is 0 Å². The summed E-state index contributed by atoms with van der Waals surface area (Å²) in [7, 11) is 0. The molecule has 1 N–H and O–H groups in total. The van der Waals surface area contributed by atoms with Crippen molar-refractivity contribution in [3.05, 3.63) is 18.2 Å². The molecule has 1 aromatic heterocycles. The minimum atomic E-state index is 0.393. The van der Waals surface area contributed by atoms with Gasteiger partial charge in [0.1, 0.15) is 0 Å². The van der Waals surface area contributed by atoms with Crippen molar-refractivity contribution in [1.82, 2.24) is 9.97 Å². The first kappa shape index (κ1) is 8.75. The predicted octanol–water partition coefficient (Wildman–Crippen LogP) is 1.77. The standard InChI is InChI=1S/C10H16N2O/c1-8-2-3-13-10(4-8)5-9-6-11-7-12-9/h6-8,10H,2-5H2,1H3,(H,11,12)/t8-,10?/m1/s1. The van der Waals surface area contributed by atoms with Crippen LogP contribution in [-0.2, 0) is 11.2 Å². The van der Waals surface area contributed by atoms with Crippen molar-refractivity contribution in [2.75, 3.05) is 6.61 Å². The maximum atomic E-state index is 5.67. The van der Waals surface area contributed by atoms with E-state index in [1.165, 1.54) is 18.5 Å². The van der Waals surface area contributed by atoms with Crippen LogP contribution in [0, 0.1) is 5.92 Å². The Bertz CT molecular complexity index is 245. The molecule has 1 saturated heterocycles. The summed E-state index contributed by atoms with van der Waals surface area (Å²) in [5.41, 5.74) is 1.18. The highest BCUT2D eigenvalue weighted by Crippen LogP contribution is 2.21. The molecule has 3 nitrogen and oxygen atoms in total. The van der Waals surface area contributed by atoms with Crippen LogP contribution in [0.5, 0.6) is 0 Å². The highest BCUT2D eigenvalue weighted by Gasteiger charge is 2.19. The number of aromatic amines is 1. The van der Waals surface area contributed by atoms with Gasteiger partial charge in [-0.15, -0.1) is 0 Å². The zero-order valence-corrected chi connectivity index (χ0v) is 7.99. The molecular weight excluding hydrogens is 164 g/mol. The number of nitrogens with zero attached hydrogens (tertiary/aromatic N) is 1. The molecule has 1 unspecified atom stereocenters. The van der Waals surface area contributed by atoms with E-state index in [1.54, 1.807) is 6.33 Å². The van der Waals surface area contributed by atoms with Gasteiger partial charge in [0.2, 0.25) is 0 Å². The third-order valence-electron chi connectivity index (χ3n) is 2.63. The quantitative estimate of drug-likeness (QED) is 0.753. The molecule has 2 rings (SSSR count). The van der Waals surface area contributed by atoms with Gasteiger partial charge in [-0.2, -0.15) is 0 Å². The second kappa shape index (κ2) is 3.92. The Labute approximate surface area is 78.5 Å². The van der Waals surface area contributed by atoms with Crippen LogP contribution in [0.2, 0.25) is 0 Å². The fraction of sp³-hybridized carbons (Fsp3) is 0.700. The van der Waals surface area contributed by atoms with Crippen LogP contribution in [0.4, 0.5) is 0 Å². The van der Waals surface area contributed by atoms with Crippen LogP contribution in [-0.4, -0.2) is 22.7 Å².